The number of benzene rings is 2. The first-order chi connectivity index (χ1) is 9.74. The number of fused-ring (bicyclic) bond motifs is 1. The molecule has 0 aliphatic rings. The predicted molar refractivity (Wildman–Crippen MR) is 85.0 cm³/mol. The molecule has 3 aromatic rings. The lowest BCUT2D eigenvalue weighted by Gasteiger charge is -2.12. The number of nitrogens with one attached hydrogen (secondary N) is 1. The molecule has 0 atom stereocenters. The summed E-state index contributed by atoms with van der Waals surface area (Å²) in [7, 11) is 0. The minimum Gasteiger partial charge on any atom is -0.381 e. The summed E-state index contributed by atoms with van der Waals surface area (Å²) in [6, 6.07) is 14.9. The van der Waals surface area contributed by atoms with Crippen LogP contribution in [0.15, 0.2) is 54.9 Å². The SMILES string of the molecule is Cc1ccc(C)c(NCc2cncc3ccccc23)c1. The van der Waals surface area contributed by atoms with Crippen LogP contribution in [0.5, 0.6) is 0 Å². The lowest BCUT2D eigenvalue weighted by Crippen LogP contribution is -2.02. The summed E-state index contributed by atoms with van der Waals surface area (Å²) in [5, 5.41) is 5.97. The minimum atomic E-state index is 0.790. The molecule has 2 aromatic carbocycles. The highest BCUT2D eigenvalue weighted by Gasteiger charge is 2.02. The maximum absolute atomic E-state index is 4.33. The Morgan fingerprint density at radius 2 is 1.85 bits per heavy atom. The molecule has 0 saturated heterocycles. The summed E-state index contributed by atoms with van der Waals surface area (Å²) in [5.41, 5.74) is 4.96. The third kappa shape index (κ3) is 2.50. The second-order valence-electron chi connectivity index (χ2n) is 5.19. The van der Waals surface area contributed by atoms with E-state index in [-0.39, 0.29) is 0 Å². The molecule has 0 unspecified atom stereocenters. The average Bonchev–Trinajstić information content (AvgIpc) is 2.48. The van der Waals surface area contributed by atoms with Crippen LogP contribution in [0, 0.1) is 13.8 Å². The summed E-state index contributed by atoms with van der Waals surface area (Å²) < 4.78 is 0. The van der Waals surface area contributed by atoms with E-state index in [1.54, 1.807) is 0 Å². The Balaban J connectivity index is 1.89. The molecule has 3 rings (SSSR count). The maximum atomic E-state index is 4.33. The van der Waals surface area contributed by atoms with Crippen molar-refractivity contribution >= 4 is 16.5 Å². The normalized spacial score (nSPS) is 10.7. The van der Waals surface area contributed by atoms with Gasteiger partial charge in [0, 0.05) is 30.0 Å². The van der Waals surface area contributed by atoms with Crippen LogP contribution in [0.1, 0.15) is 16.7 Å². The lowest BCUT2D eigenvalue weighted by molar-refractivity contribution is 1.13. The van der Waals surface area contributed by atoms with Gasteiger partial charge in [0.15, 0.2) is 0 Å². The Hall–Kier alpha value is -2.35. The number of rotatable bonds is 3. The predicted octanol–water partition coefficient (Wildman–Crippen LogP) is 4.46. The van der Waals surface area contributed by atoms with Crippen LogP contribution in [0.4, 0.5) is 5.69 Å². The topological polar surface area (TPSA) is 24.9 Å². The molecule has 0 radical (unpaired) electrons. The number of nitrogens with zero attached hydrogens (tertiary/aromatic N) is 1. The van der Waals surface area contributed by atoms with Gasteiger partial charge in [-0.05, 0) is 42.0 Å². The molecule has 2 heteroatoms. The molecule has 100 valence electrons. The Kier molecular flexibility index (Phi) is 3.38. The summed E-state index contributed by atoms with van der Waals surface area (Å²) in [6.07, 6.45) is 3.86. The van der Waals surface area contributed by atoms with Crippen molar-refractivity contribution in [2.24, 2.45) is 0 Å². The standard InChI is InChI=1S/C18H18N2/c1-13-7-8-14(2)18(9-13)20-12-16-11-19-10-15-5-3-4-6-17(15)16/h3-11,20H,12H2,1-2H3. The van der Waals surface area contributed by atoms with Gasteiger partial charge in [0.25, 0.3) is 0 Å². The highest BCUT2D eigenvalue weighted by atomic mass is 14.9. The van der Waals surface area contributed by atoms with Crippen molar-refractivity contribution in [3.05, 3.63) is 71.5 Å². The number of aromatic nitrogens is 1. The molecule has 2 nitrogen and oxygen atoms in total. The van der Waals surface area contributed by atoms with Crippen molar-refractivity contribution in [3.63, 3.8) is 0 Å². The van der Waals surface area contributed by atoms with Crippen molar-refractivity contribution in [2.75, 3.05) is 5.32 Å². The molecule has 0 saturated carbocycles. The molecular formula is C18H18N2. The van der Waals surface area contributed by atoms with E-state index in [4.69, 9.17) is 0 Å². The van der Waals surface area contributed by atoms with E-state index in [2.05, 4.69) is 60.5 Å². The minimum absolute atomic E-state index is 0.790. The fraction of sp³-hybridized carbons (Fsp3) is 0.167. The molecule has 1 heterocycles. The van der Waals surface area contributed by atoms with Gasteiger partial charge in [0.1, 0.15) is 0 Å². The zero-order valence-corrected chi connectivity index (χ0v) is 11.9. The molecule has 0 spiro atoms. The van der Waals surface area contributed by atoms with Gasteiger partial charge >= 0.3 is 0 Å². The molecule has 0 bridgehead atoms. The fourth-order valence-corrected chi connectivity index (χ4v) is 2.44. The second kappa shape index (κ2) is 5.33. The molecule has 1 aromatic heterocycles. The van der Waals surface area contributed by atoms with Crippen LogP contribution in [-0.4, -0.2) is 4.98 Å². The number of hydrogen-bond acceptors (Lipinski definition) is 2. The zero-order valence-electron chi connectivity index (χ0n) is 11.9. The Morgan fingerprint density at radius 3 is 2.75 bits per heavy atom. The van der Waals surface area contributed by atoms with Crippen LogP contribution in [0.25, 0.3) is 10.8 Å². The third-order valence-corrected chi connectivity index (χ3v) is 3.61. The zero-order chi connectivity index (χ0) is 13.9. The van der Waals surface area contributed by atoms with E-state index in [1.165, 1.54) is 33.2 Å². The first-order valence-corrected chi connectivity index (χ1v) is 6.87. The van der Waals surface area contributed by atoms with Crippen molar-refractivity contribution in [1.82, 2.24) is 4.98 Å². The molecule has 0 aliphatic carbocycles. The highest BCUT2D eigenvalue weighted by molar-refractivity contribution is 5.84. The Morgan fingerprint density at radius 1 is 1.00 bits per heavy atom. The second-order valence-corrected chi connectivity index (χ2v) is 5.19. The summed E-state index contributed by atoms with van der Waals surface area (Å²) in [6.45, 7) is 5.03. The van der Waals surface area contributed by atoms with Crippen LogP contribution in [0.2, 0.25) is 0 Å². The summed E-state index contributed by atoms with van der Waals surface area (Å²) in [4.78, 5) is 4.33. The van der Waals surface area contributed by atoms with Crippen LogP contribution < -0.4 is 5.32 Å². The van der Waals surface area contributed by atoms with E-state index >= 15 is 0 Å². The smallest absolute Gasteiger partial charge is 0.0422 e. The van der Waals surface area contributed by atoms with Gasteiger partial charge in [0.05, 0.1) is 0 Å². The van der Waals surface area contributed by atoms with E-state index in [0.29, 0.717) is 0 Å². The Bertz CT molecular complexity index is 742. The van der Waals surface area contributed by atoms with Gasteiger partial charge in [-0.2, -0.15) is 0 Å². The maximum Gasteiger partial charge on any atom is 0.0422 e. The first kappa shape index (κ1) is 12.7. The first-order valence-electron chi connectivity index (χ1n) is 6.87. The molecule has 0 amide bonds. The van der Waals surface area contributed by atoms with Crippen molar-refractivity contribution in [1.29, 1.82) is 0 Å². The van der Waals surface area contributed by atoms with Gasteiger partial charge in [-0.15, -0.1) is 0 Å². The van der Waals surface area contributed by atoms with Crippen molar-refractivity contribution < 1.29 is 0 Å². The van der Waals surface area contributed by atoms with Gasteiger partial charge < -0.3 is 5.32 Å². The summed E-state index contributed by atoms with van der Waals surface area (Å²) >= 11 is 0. The lowest BCUT2D eigenvalue weighted by atomic mass is 10.1. The number of hydrogen-bond donors (Lipinski definition) is 1. The van der Waals surface area contributed by atoms with Gasteiger partial charge in [0.2, 0.25) is 0 Å². The molecule has 1 N–H and O–H groups in total. The van der Waals surface area contributed by atoms with Crippen LogP contribution >= 0.6 is 0 Å². The average molecular weight is 262 g/mol. The van der Waals surface area contributed by atoms with Crippen molar-refractivity contribution in [2.45, 2.75) is 20.4 Å². The van der Waals surface area contributed by atoms with E-state index < -0.39 is 0 Å². The molecular weight excluding hydrogens is 244 g/mol. The monoisotopic (exact) mass is 262 g/mol. The van der Waals surface area contributed by atoms with Gasteiger partial charge in [-0.3, -0.25) is 4.98 Å². The molecule has 0 aliphatic heterocycles. The highest BCUT2D eigenvalue weighted by Crippen LogP contribution is 2.20. The van der Waals surface area contributed by atoms with Gasteiger partial charge in [-0.25, -0.2) is 0 Å². The quantitative estimate of drug-likeness (QED) is 0.753. The third-order valence-electron chi connectivity index (χ3n) is 3.61. The van der Waals surface area contributed by atoms with Crippen LogP contribution in [-0.2, 0) is 6.54 Å². The van der Waals surface area contributed by atoms with E-state index in [9.17, 15) is 0 Å². The number of anilines is 1. The van der Waals surface area contributed by atoms with E-state index in [0.717, 1.165) is 6.54 Å². The number of aryl methyl sites for hydroxylation is 2. The van der Waals surface area contributed by atoms with Gasteiger partial charge in [-0.1, -0.05) is 36.4 Å². The Labute approximate surface area is 119 Å². The van der Waals surface area contributed by atoms with E-state index in [1.807, 2.05) is 18.5 Å². The fourth-order valence-electron chi connectivity index (χ4n) is 2.44. The number of pyridine rings is 1. The summed E-state index contributed by atoms with van der Waals surface area (Å²) in [5.74, 6) is 0. The van der Waals surface area contributed by atoms with Crippen LogP contribution in [0.3, 0.4) is 0 Å². The molecule has 20 heavy (non-hydrogen) atoms. The van der Waals surface area contributed by atoms with Crippen molar-refractivity contribution in [3.8, 4) is 0 Å². The largest absolute Gasteiger partial charge is 0.381 e. The molecule has 0 fully saturated rings.